The standard InChI is InChI=1S/C23H26N2O4/c1-23(2)14-25-17(15-8-5-6-9-16(15)23)12-24(13-20(25)26)22(27)21-18(28-3)10-7-11-19(21)29-4/h5-11,17H,12-14H2,1-4H3. The highest BCUT2D eigenvalue weighted by atomic mass is 16.5. The molecule has 0 aromatic heterocycles. The molecule has 6 heteroatoms. The van der Waals surface area contributed by atoms with Gasteiger partial charge in [0.25, 0.3) is 5.91 Å². The summed E-state index contributed by atoms with van der Waals surface area (Å²) in [6, 6.07) is 13.3. The predicted molar refractivity (Wildman–Crippen MR) is 109 cm³/mol. The van der Waals surface area contributed by atoms with Gasteiger partial charge >= 0.3 is 0 Å². The van der Waals surface area contributed by atoms with Gasteiger partial charge in [0.2, 0.25) is 5.91 Å². The topological polar surface area (TPSA) is 59.1 Å². The van der Waals surface area contributed by atoms with Crippen molar-refractivity contribution in [2.24, 2.45) is 0 Å². The van der Waals surface area contributed by atoms with Crippen LogP contribution < -0.4 is 9.47 Å². The van der Waals surface area contributed by atoms with Crippen LogP contribution in [-0.2, 0) is 10.2 Å². The first kappa shape index (κ1) is 19.3. The molecule has 4 rings (SSSR count). The molecule has 0 radical (unpaired) electrons. The molecule has 0 aliphatic carbocycles. The second-order valence-electron chi connectivity index (χ2n) is 8.23. The second kappa shape index (κ2) is 7.10. The number of hydrogen-bond donors (Lipinski definition) is 0. The summed E-state index contributed by atoms with van der Waals surface area (Å²) in [6.45, 7) is 5.46. The van der Waals surface area contributed by atoms with Crippen molar-refractivity contribution in [1.29, 1.82) is 0 Å². The van der Waals surface area contributed by atoms with Crippen molar-refractivity contribution >= 4 is 11.8 Å². The molecular weight excluding hydrogens is 368 g/mol. The van der Waals surface area contributed by atoms with Crippen molar-refractivity contribution in [3.63, 3.8) is 0 Å². The Labute approximate surface area is 171 Å². The normalized spacial score (nSPS) is 20.0. The molecule has 1 fully saturated rings. The zero-order chi connectivity index (χ0) is 20.8. The van der Waals surface area contributed by atoms with E-state index in [1.54, 1.807) is 23.1 Å². The minimum atomic E-state index is -0.255. The highest BCUT2D eigenvalue weighted by Crippen LogP contribution is 2.42. The average molecular weight is 394 g/mol. The Kier molecular flexibility index (Phi) is 4.73. The van der Waals surface area contributed by atoms with Gasteiger partial charge < -0.3 is 19.3 Å². The van der Waals surface area contributed by atoms with Crippen LogP contribution in [0.5, 0.6) is 11.5 Å². The number of benzene rings is 2. The van der Waals surface area contributed by atoms with Gasteiger partial charge in [-0.25, -0.2) is 0 Å². The molecule has 1 unspecified atom stereocenters. The number of amides is 2. The van der Waals surface area contributed by atoms with Gasteiger partial charge in [0, 0.05) is 18.5 Å². The summed E-state index contributed by atoms with van der Waals surface area (Å²) in [7, 11) is 3.04. The number of methoxy groups -OCH3 is 2. The molecule has 6 nitrogen and oxygen atoms in total. The van der Waals surface area contributed by atoms with Crippen LogP contribution in [0.25, 0.3) is 0 Å². The number of piperazine rings is 1. The molecule has 0 N–H and O–H groups in total. The maximum Gasteiger partial charge on any atom is 0.261 e. The first-order valence-electron chi connectivity index (χ1n) is 9.76. The highest BCUT2D eigenvalue weighted by Gasteiger charge is 2.44. The van der Waals surface area contributed by atoms with Gasteiger partial charge in [0.05, 0.1) is 20.3 Å². The van der Waals surface area contributed by atoms with E-state index in [0.717, 1.165) is 5.56 Å². The van der Waals surface area contributed by atoms with E-state index in [2.05, 4.69) is 26.0 Å². The first-order valence-corrected chi connectivity index (χ1v) is 9.76. The van der Waals surface area contributed by atoms with Crippen molar-refractivity contribution in [2.75, 3.05) is 33.9 Å². The van der Waals surface area contributed by atoms with Gasteiger partial charge in [0.15, 0.2) is 0 Å². The van der Waals surface area contributed by atoms with Crippen LogP contribution >= 0.6 is 0 Å². The lowest BCUT2D eigenvalue weighted by Crippen LogP contribution is -2.58. The monoisotopic (exact) mass is 394 g/mol. The number of carbonyl (C=O) groups is 2. The Hall–Kier alpha value is -3.02. The lowest BCUT2D eigenvalue weighted by atomic mass is 9.75. The van der Waals surface area contributed by atoms with Gasteiger partial charge in [-0.05, 0) is 23.3 Å². The summed E-state index contributed by atoms with van der Waals surface area (Å²) in [6.07, 6.45) is 0. The van der Waals surface area contributed by atoms with E-state index in [4.69, 9.17) is 9.47 Å². The molecule has 1 atom stereocenters. The summed E-state index contributed by atoms with van der Waals surface area (Å²) in [5.74, 6) is 0.587. The third-order valence-electron chi connectivity index (χ3n) is 5.96. The smallest absolute Gasteiger partial charge is 0.261 e. The summed E-state index contributed by atoms with van der Waals surface area (Å²) in [5, 5.41) is 0. The Bertz CT molecular complexity index is 947. The van der Waals surface area contributed by atoms with E-state index >= 15 is 0 Å². The fourth-order valence-electron chi connectivity index (χ4n) is 4.55. The zero-order valence-electron chi connectivity index (χ0n) is 17.3. The van der Waals surface area contributed by atoms with Crippen LogP contribution in [0, 0.1) is 0 Å². The first-order chi connectivity index (χ1) is 13.9. The van der Waals surface area contributed by atoms with Gasteiger partial charge in [-0.1, -0.05) is 44.2 Å². The fourth-order valence-corrected chi connectivity index (χ4v) is 4.55. The average Bonchev–Trinajstić information content (AvgIpc) is 2.73. The van der Waals surface area contributed by atoms with Crippen molar-refractivity contribution < 1.29 is 19.1 Å². The molecule has 0 bridgehead atoms. The van der Waals surface area contributed by atoms with Crippen LogP contribution in [0.3, 0.4) is 0 Å². The zero-order valence-corrected chi connectivity index (χ0v) is 17.3. The van der Waals surface area contributed by atoms with Gasteiger partial charge in [-0.3, -0.25) is 9.59 Å². The molecule has 2 aliphatic heterocycles. The number of fused-ring (bicyclic) bond motifs is 3. The van der Waals surface area contributed by atoms with E-state index in [1.165, 1.54) is 19.8 Å². The van der Waals surface area contributed by atoms with E-state index in [-0.39, 0.29) is 29.8 Å². The molecule has 0 saturated carbocycles. The summed E-state index contributed by atoms with van der Waals surface area (Å²) in [5.41, 5.74) is 2.57. The van der Waals surface area contributed by atoms with Crippen molar-refractivity contribution in [3.05, 3.63) is 59.2 Å². The molecule has 2 heterocycles. The Balaban J connectivity index is 1.72. The number of carbonyl (C=O) groups excluding carboxylic acids is 2. The van der Waals surface area contributed by atoms with E-state index in [1.807, 2.05) is 17.0 Å². The quantitative estimate of drug-likeness (QED) is 0.803. The van der Waals surface area contributed by atoms with Crippen molar-refractivity contribution in [2.45, 2.75) is 25.3 Å². The summed E-state index contributed by atoms with van der Waals surface area (Å²) < 4.78 is 10.8. The van der Waals surface area contributed by atoms with E-state index in [9.17, 15) is 9.59 Å². The molecule has 2 aromatic rings. The predicted octanol–water partition coefficient (Wildman–Crippen LogP) is 3.02. The van der Waals surface area contributed by atoms with Gasteiger partial charge in [0.1, 0.15) is 23.6 Å². The summed E-state index contributed by atoms with van der Waals surface area (Å²) in [4.78, 5) is 30.0. The maximum absolute atomic E-state index is 13.4. The van der Waals surface area contributed by atoms with Crippen molar-refractivity contribution in [3.8, 4) is 11.5 Å². The number of nitrogens with zero attached hydrogens (tertiary/aromatic N) is 2. The van der Waals surface area contributed by atoms with Crippen molar-refractivity contribution in [1.82, 2.24) is 9.80 Å². The minimum absolute atomic E-state index is 0.0361. The molecular formula is C23H26N2O4. The lowest BCUT2D eigenvalue weighted by molar-refractivity contribution is -0.140. The van der Waals surface area contributed by atoms with Crippen LogP contribution in [0.2, 0.25) is 0 Å². The SMILES string of the molecule is COc1cccc(OC)c1C(=O)N1CC(=O)N2CC(C)(C)c3ccccc3C2C1. The molecule has 2 aromatic carbocycles. The van der Waals surface area contributed by atoms with Crippen LogP contribution in [0.15, 0.2) is 42.5 Å². The van der Waals surface area contributed by atoms with Gasteiger partial charge in [-0.15, -0.1) is 0 Å². The lowest BCUT2D eigenvalue weighted by Gasteiger charge is -2.49. The molecule has 2 aliphatic rings. The third-order valence-corrected chi connectivity index (χ3v) is 5.96. The maximum atomic E-state index is 13.4. The molecule has 1 saturated heterocycles. The Morgan fingerprint density at radius 3 is 2.34 bits per heavy atom. The van der Waals surface area contributed by atoms with Crippen LogP contribution in [0.4, 0.5) is 0 Å². The van der Waals surface area contributed by atoms with Crippen LogP contribution in [0.1, 0.15) is 41.4 Å². The Morgan fingerprint density at radius 1 is 1.03 bits per heavy atom. The summed E-state index contributed by atoms with van der Waals surface area (Å²) >= 11 is 0. The Morgan fingerprint density at radius 2 is 1.69 bits per heavy atom. The molecule has 0 spiro atoms. The van der Waals surface area contributed by atoms with Crippen LogP contribution in [-0.4, -0.2) is 55.5 Å². The molecule has 2 amide bonds. The van der Waals surface area contributed by atoms with E-state index in [0.29, 0.717) is 30.2 Å². The largest absolute Gasteiger partial charge is 0.496 e. The number of rotatable bonds is 3. The fraction of sp³-hybridized carbons (Fsp3) is 0.391. The van der Waals surface area contributed by atoms with Gasteiger partial charge in [-0.2, -0.15) is 0 Å². The number of hydrogen-bond acceptors (Lipinski definition) is 4. The minimum Gasteiger partial charge on any atom is -0.496 e. The van der Waals surface area contributed by atoms with E-state index < -0.39 is 0 Å². The highest BCUT2D eigenvalue weighted by molar-refractivity contribution is 6.01. The molecule has 29 heavy (non-hydrogen) atoms. The third kappa shape index (κ3) is 3.12. The second-order valence-corrected chi connectivity index (χ2v) is 8.23. The molecule has 152 valence electrons. The number of ether oxygens (including phenoxy) is 2.